The monoisotopic (exact) mass is 239 g/mol. The van der Waals surface area contributed by atoms with Crippen molar-refractivity contribution in [2.24, 2.45) is 0 Å². The molecule has 0 amide bonds. The van der Waals surface area contributed by atoms with E-state index in [9.17, 15) is 4.79 Å². The molecule has 4 nitrogen and oxygen atoms in total. The second kappa shape index (κ2) is 8.82. The van der Waals surface area contributed by atoms with Crippen molar-refractivity contribution in [3.63, 3.8) is 0 Å². The fourth-order valence-electron chi connectivity index (χ4n) is 1.56. The van der Waals surface area contributed by atoms with Gasteiger partial charge in [-0.2, -0.15) is 0 Å². The number of unbranched alkanes of at least 4 members (excludes halogenated alkanes) is 2. The molecule has 0 spiro atoms. The fourth-order valence-corrected chi connectivity index (χ4v) is 1.56. The lowest BCUT2D eigenvalue weighted by molar-refractivity contribution is -0.143. The average molecular weight is 239 g/mol. The van der Waals surface area contributed by atoms with E-state index in [4.69, 9.17) is 9.15 Å². The van der Waals surface area contributed by atoms with E-state index < -0.39 is 0 Å². The van der Waals surface area contributed by atoms with Crippen LogP contribution >= 0.6 is 0 Å². The van der Waals surface area contributed by atoms with Gasteiger partial charge in [0, 0.05) is 18.5 Å². The van der Waals surface area contributed by atoms with E-state index in [1.165, 1.54) is 0 Å². The third-order valence-electron chi connectivity index (χ3n) is 2.45. The Hall–Kier alpha value is -1.29. The highest BCUT2D eigenvalue weighted by molar-refractivity contribution is 5.69. The van der Waals surface area contributed by atoms with E-state index in [0.29, 0.717) is 13.0 Å². The first-order valence-corrected chi connectivity index (χ1v) is 6.20. The molecule has 0 fully saturated rings. The molecule has 0 aliphatic rings. The number of hydrogen-bond acceptors (Lipinski definition) is 4. The summed E-state index contributed by atoms with van der Waals surface area (Å²) in [5.41, 5.74) is 1.16. The Kier molecular flexibility index (Phi) is 7.14. The smallest absolute Gasteiger partial charge is 0.305 e. The van der Waals surface area contributed by atoms with Crippen LogP contribution in [0.2, 0.25) is 0 Å². The second-order valence-electron chi connectivity index (χ2n) is 3.92. The molecule has 1 aromatic rings. The van der Waals surface area contributed by atoms with E-state index in [0.717, 1.165) is 37.9 Å². The normalized spacial score (nSPS) is 10.4. The van der Waals surface area contributed by atoms with Gasteiger partial charge in [-0.15, -0.1) is 0 Å². The number of rotatable bonds is 9. The molecular weight excluding hydrogens is 218 g/mol. The van der Waals surface area contributed by atoms with Crippen molar-refractivity contribution in [2.75, 3.05) is 13.2 Å². The van der Waals surface area contributed by atoms with E-state index in [1.54, 1.807) is 12.5 Å². The van der Waals surface area contributed by atoms with Crippen LogP contribution in [0.3, 0.4) is 0 Å². The Morgan fingerprint density at radius 3 is 3.00 bits per heavy atom. The summed E-state index contributed by atoms with van der Waals surface area (Å²) in [5.74, 6) is -0.0844. The quantitative estimate of drug-likeness (QED) is 0.531. The van der Waals surface area contributed by atoms with Crippen LogP contribution in [0.15, 0.2) is 23.0 Å². The van der Waals surface area contributed by atoms with Crippen LogP contribution in [0.5, 0.6) is 0 Å². The maximum Gasteiger partial charge on any atom is 0.305 e. The largest absolute Gasteiger partial charge is 0.472 e. The number of carbonyl (C=O) groups is 1. The van der Waals surface area contributed by atoms with E-state index in [1.807, 2.05) is 13.0 Å². The van der Waals surface area contributed by atoms with Gasteiger partial charge in [-0.3, -0.25) is 4.79 Å². The summed E-state index contributed by atoms with van der Waals surface area (Å²) in [5, 5.41) is 3.32. The molecular formula is C13H21NO3. The summed E-state index contributed by atoms with van der Waals surface area (Å²) >= 11 is 0. The van der Waals surface area contributed by atoms with Gasteiger partial charge in [0.15, 0.2) is 0 Å². The zero-order valence-electron chi connectivity index (χ0n) is 10.4. The highest BCUT2D eigenvalue weighted by atomic mass is 16.5. The third-order valence-corrected chi connectivity index (χ3v) is 2.45. The van der Waals surface area contributed by atoms with Crippen molar-refractivity contribution < 1.29 is 13.9 Å². The Morgan fingerprint density at radius 1 is 1.41 bits per heavy atom. The van der Waals surface area contributed by atoms with Crippen molar-refractivity contribution in [3.05, 3.63) is 24.2 Å². The molecule has 1 N–H and O–H groups in total. The lowest BCUT2D eigenvalue weighted by Crippen LogP contribution is -2.14. The van der Waals surface area contributed by atoms with Gasteiger partial charge >= 0.3 is 5.97 Å². The minimum Gasteiger partial charge on any atom is -0.472 e. The second-order valence-corrected chi connectivity index (χ2v) is 3.92. The van der Waals surface area contributed by atoms with Crippen molar-refractivity contribution in [1.82, 2.24) is 5.32 Å². The standard InChI is InChI=1S/C13H21NO3/c1-2-17-13(15)6-4-3-5-8-14-10-12-7-9-16-11-12/h7,9,11,14H,2-6,8,10H2,1H3. The number of furan rings is 1. The van der Waals surface area contributed by atoms with E-state index in [2.05, 4.69) is 5.32 Å². The molecule has 1 heterocycles. The minimum atomic E-state index is -0.0844. The number of nitrogens with one attached hydrogen (secondary N) is 1. The summed E-state index contributed by atoms with van der Waals surface area (Å²) in [4.78, 5) is 11.0. The molecule has 0 radical (unpaired) electrons. The van der Waals surface area contributed by atoms with Gasteiger partial charge < -0.3 is 14.5 Å². The first kappa shape index (κ1) is 13.8. The zero-order chi connectivity index (χ0) is 12.3. The van der Waals surface area contributed by atoms with E-state index in [-0.39, 0.29) is 5.97 Å². The van der Waals surface area contributed by atoms with Gasteiger partial charge in [0.05, 0.1) is 19.1 Å². The topological polar surface area (TPSA) is 51.5 Å². The number of carbonyl (C=O) groups excluding carboxylic acids is 1. The third kappa shape index (κ3) is 6.79. The van der Waals surface area contributed by atoms with Gasteiger partial charge in [0.1, 0.15) is 0 Å². The van der Waals surface area contributed by atoms with Crippen LogP contribution in [0.25, 0.3) is 0 Å². The molecule has 0 aromatic carbocycles. The van der Waals surface area contributed by atoms with Crippen molar-refractivity contribution in [2.45, 2.75) is 39.2 Å². The molecule has 17 heavy (non-hydrogen) atoms. The Labute approximate surface area is 102 Å². The predicted octanol–water partition coefficient (Wildman–Crippen LogP) is 2.49. The maximum absolute atomic E-state index is 11.0. The van der Waals surface area contributed by atoms with Crippen LogP contribution in [0, 0.1) is 0 Å². The maximum atomic E-state index is 11.0. The molecule has 0 saturated heterocycles. The van der Waals surface area contributed by atoms with Gasteiger partial charge in [-0.1, -0.05) is 6.42 Å². The van der Waals surface area contributed by atoms with Crippen LogP contribution in [-0.2, 0) is 16.1 Å². The molecule has 0 aliphatic carbocycles. The SMILES string of the molecule is CCOC(=O)CCCCCNCc1ccoc1. The molecule has 0 bridgehead atoms. The molecule has 1 aromatic heterocycles. The Balaban J connectivity index is 1.86. The van der Waals surface area contributed by atoms with Crippen molar-refractivity contribution in [3.8, 4) is 0 Å². The highest BCUT2D eigenvalue weighted by Gasteiger charge is 2.00. The molecule has 4 heteroatoms. The molecule has 96 valence electrons. The molecule has 1 rings (SSSR count). The van der Waals surface area contributed by atoms with Crippen LogP contribution in [-0.4, -0.2) is 19.1 Å². The molecule has 0 aliphatic heterocycles. The Morgan fingerprint density at radius 2 is 2.29 bits per heavy atom. The van der Waals surface area contributed by atoms with Crippen LogP contribution in [0.4, 0.5) is 0 Å². The first-order chi connectivity index (χ1) is 8.33. The number of ether oxygens (including phenoxy) is 1. The molecule has 0 unspecified atom stereocenters. The zero-order valence-corrected chi connectivity index (χ0v) is 10.4. The summed E-state index contributed by atoms with van der Waals surface area (Å²) in [6.07, 6.45) is 7.00. The van der Waals surface area contributed by atoms with Gasteiger partial charge in [0.2, 0.25) is 0 Å². The molecule has 0 atom stereocenters. The van der Waals surface area contributed by atoms with Crippen LogP contribution in [0.1, 0.15) is 38.2 Å². The predicted molar refractivity (Wildman–Crippen MR) is 65.5 cm³/mol. The average Bonchev–Trinajstić information content (AvgIpc) is 2.81. The summed E-state index contributed by atoms with van der Waals surface area (Å²) in [6.45, 7) is 4.12. The van der Waals surface area contributed by atoms with Crippen molar-refractivity contribution in [1.29, 1.82) is 0 Å². The minimum absolute atomic E-state index is 0.0844. The fraction of sp³-hybridized carbons (Fsp3) is 0.615. The van der Waals surface area contributed by atoms with Gasteiger partial charge in [-0.05, 0) is 32.4 Å². The van der Waals surface area contributed by atoms with Gasteiger partial charge in [0.25, 0.3) is 0 Å². The lowest BCUT2D eigenvalue weighted by Gasteiger charge is -2.03. The summed E-state index contributed by atoms with van der Waals surface area (Å²) < 4.78 is 9.82. The van der Waals surface area contributed by atoms with Gasteiger partial charge in [-0.25, -0.2) is 0 Å². The lowest BCUT2D eigenvalue weighted by atomic mass is 10.2. The number of esters is 1. The highest BCUT2D eigenvalue weighted by Crippen LogP contribution is 2.02. The van der Waals surface area contributed by atoms with E-state index >= 15 is 0 Å². The van der Waals surface area contributed by atoms with Crippen molar-refractivity contribution >= 4 is 5.97 Å². The summed E-state index contributed by atoms with van der Waals surface area (Å²) in [7, 11) is 0. The Bertz CT molecular complexity index is 296. The molecule has 0 saturated carbocycles. The number of hydrogen-bond donors (Lipinski definition) is 1. The summed E-state index contributed by atoms with van der Waals surface area (Å²) in [6, 6.07) is 1.95. The first-order valence-electron chi connectivity index (χ1n) is 6.20. The van der Waals surface area contributed by atoms with Crippen LogP contribution < -0.4 is 5.32 Å².